The predicted octanol–water partition coefficient (Wildman–Crippen LogP) is 3.86. The molecule has 0 aromatic rings. The molecule has 2 aliphatic rings. The van der Waals surface area contributed by atoms with Crippen LogP contribution in [0.5, 0.6) is 0 Å². The summed E-state index contributed by atoms with van der Waals surface area (Å²) in [6, 6.07) is 0. The van der Waals surface area contributed by atoms with E-state index in [0.29, 0.717) is 18.3 Å². The van der Waals surface area contributed by atoms with Crippen LogP contribution in [-0.4, -0.2) is 19.1 Å². The molecule has 0 aliphatic heterocycles. The van der Waals surface area contributed by atoms with Gasteiger partial charge in [-0.1, -0.05) is 20.3 Å². The van der Waals surface area contributed by atoms with E-state index in [-0.39, 0.29) is 11.3 Å². The molecule has 2 bridgehead atoms. The highest BCUT2D eigenvalue weighted by molar-refractivity contribution is 7.91. The molecule has 0 spiro atoms. The third kappa shape index (κ3) is 4.49. The van der Waals surface area contributed by atoms with E-state index in [1.807, 2.05) is 0 Å². The first-order valence-electron chi connectivity index (χ1n) is 8.99. The molecule has 1 amide bonds. The van der Waals surface area contributed by atoms with Crippen molar-refractivity contribution in [2.24, 2.45) is 23.2 Å². The number of hydrogen-bond donors (Lipinski definition) is 1. The Hall–Kier alpha value is -0.580. The number of nitrogens with one attached hydrogen (secondary N) is 1. The summed E-state index contributed by atoms with van der Waals surface area (Å²) in [7, 11) is -3.61. The minimum absolute atomic E-state index is 0.0518. The van der Waals surface area contributed by atoms with Crippen LogP contribution < -0.4 is 4.72 Å². The molecule has 23 heavy (non-hydrogen) atoms. The molecule has 2 aliphatic carbocycles. The van der Waals surface area contributed by atoms with Gasteiger partial charge in [-0.15, -0.1) is 0 Å². The summed E-state index contributed by atoms with van der Waals surface area (Å²) in [5.74, 6) is 1.93. The molecule has 0 radical (unpaired) electrons. The molecular weight excluding hydrogens is 310 g/mol. The molecule has 134 valence electrons. The number of rotatable bonds is 4. The zero-order chi connectivity index (χ0) is 17.5. The van der Waals surface area contributed by atoms with Gasteiger partial charge < -0.3 is 0 Å². The number of sulfonamides is 1. The fourth-order valence-corrected chi connectivity index (χ4v) is 5.40. The van der Waals surface area contributed by atoms with Crippen molar-refractivity contribution >= 4 is 15.9 Å². The Labute approximate surface area is 141 Å². The van der Waals surface area contributed by atoms with E-state index in [1.54, 1.807) is 20.8 Å². The highest BCUT2D eigenvalue weighted by Gasteiger charge is 2.43. The van der Waals surface area contributed by atoms with Crippen LogP contribution in [0.15, 0.2) is 0 Å². The monoisotopic (exact) mass is 343 g/mol. The van der Waals surface area contributed by atoms with Gasteiger partial charge in [0, 0.05) is 6.42 Å². The minimum Gasteiger partial charge on any atom is -0.274 e. The predicted molar refractivity (Wildman–Crippen MR) is 93.4 cm³/mol. The summed E-state index contributed by atoms with van der Waals surface area (Å²) in [4.78, 5) is 12.3. The van der Waals surface area contributed by atoms with Crippen LogP contribution in [0, 0.1) is 23.2 Å². The van der Waals surface area contributed by atoms with Crippen LogP contribution in [0.25, 0.3) is 0 Å². The Morgan fingerprint density at radius 1 is 1.13 bits per heavy atom. The molecule has 0 heterocycles. The SMILES string of the molecule is CCC1CC2CC(C1)CC(C)(CC(=O)NS(=O)(=O)C(C)(C)C)C2. The molecule has 2 fully saturated rings. The highest BCUT2D eigenvalue weighted by Crippen LogP contribution is 2.52. The molecule has 4 nitrogen and oxygen atoms in total. The zero-order valence-corrected chi connectivity index (χ0v) is 16.1. The van der Waals surface area contributed by atoms with Gasteiger partial charge in [0.25, 0.3) is 0 Å². The summed E-state index contributed by atoms with van der Waals surface area (Å²) >= 11 is 0. The molecule has 0 aromatic carbocycles. The van der Waals surface area contributed by atoms with Crippen LogP contribution in [0.4, 0.5) is 0 Å². The van der Waals surface area contributed by atoms with Gasteiger partial charge in [-0.2, -0.15) is 0 Å². The maximum absolute atomic E-state index is 12.3. The van der Waals surface area contributed by atoms with Crippen LogP contribution in [0.1, 0.15) is 79.6 Å². The van der Waals surface area contributed by atoms with Crippen molar-refractivity contribution < 1.29 is 13.2 Å². The quantitative estimate of drug-likeness (QED) is 0.843. The summed E-state index contributed by atoms with van der Waals surface area (Å²) in [6.45, 7) is 9.28. The van der Waals surface area contributed by atoms with Crippen LogP contribution >= 0.6 is 0 Å². The lowest BCUT2D eigenvalue weighted by molar-refractivity contribution is -0.123. The third-order valence-electron chi connectivity index (χ3n) is 5.78. The van der Waals surface area contributed by atoms with E-state index in [2.05, 4.69) is 18.6 Å². The fourth-order valence-electron chi connectivity index (χ4n) is 4.72. The molecular formula is C18H33NO3S. The van der Waals surface area contributed by atoms with Crippen molar-refractivity contribution in [3.63, 3.8) is 0 Å². The second kappa shape index (κ2) is 6.38. The van der Waals surface area contributed by atoms with E-state index in [1.165, 1.54) is 25.7 Å². The lowest BCUT2D eigenvalue weighted by Crippen LogP contribution is -2.45. The second-order valence-electron chi connectivity index (χ2n) is 9.25. The van der Waals surface area contributed by atoms with Crippen LogP contribution in [0.3, 0.4) is 0 Å². The molecule has 2 atom stereocenters. The van der Waals surface area contributed by atoms with Crippen LogP contribution in [-0.2, 0) is 14.8 Å². The van der Waals surface area contributed by atoms with Gasteiger partial charge in [0.2, 0.25) is 15.9 Å². The van der Waals surface area contributed by atoms with E-state index >= 15 is 0 Å². The molecule has 0 saturated heterocycles. The van der Waals surface area contributed by atoms with Gasteiger partial charge in [0.15, 0.2) is 0 Å². The number of carbonyl (C=O) groups excluding carboxylic acids is 1. The minimum atomic E-state index is -3.61. The number of carbonyl (C=O) groups is 1. The fraction of sp³-hybridized carbons (Fsp3) is 0.944. The highest BCUT2D eigenvalue weighted by atomic mass is 32.2. The smallest absolute Gasteiger partial charge is 0.239 e. The number of fused-ring (bicyclic) bond motifs is 2. The number of hydrogen-bond acceptors (Lipinski definition) is 3. The molecule has 1 N–H and O–H groups in total. The Bertz CT molecular complexity index is 533. The van der Waals surface area contributed by atoms with Gasteiger partial charge in [-0.05, 0) is 76.0 Å². The lowest BCUT2D eigenvalue weighted by atomic mass is 9.58. The largest absolute Gasteiger partial charge is 0.274 e. The summed E-state index contributed by atoms with van der Waals surface area (Å²) in [5.41, 5.74) is -0.0518. The molecule has 2 unspecified atom stereocenters. The van der Waals surface area contributed by atoms with E-state index in [9.17, 15) is 13.2 Å². The van der Waals surface area contributed by atoms with Crippen molar-refractivity contribution in [2.45, 2.75) is 84.3 Å². The average Bonchev–Trinajstić information content (AvgIpc) is 2.33. The van der Waals surface area contributed by atoms with Crippen molar-refractivity contribution in [2.75, 3.05) is 0 Å². The Kier molecular flexibility index (Phi) is 5.20. The van der Waals surface area contributed by atoms with Gasteiger partial charge in [-0.25, -0.2) is 8.42 Å². The van der Waals surface area contributed by atoms with E-state index < -0.39 is 14.8 Å². The first-order chi connectivity index (χ1) is 10.4. The van der Waals surface area contributed by atoms with E-state index in [4.69, 9.17) is 0 Å². The Morgan fingerprint density at radius 2 is 1.65 bits per heavy atom. The lowest BCUT2D eigenvalue weighted by Gasteiger charge is -2.47. The first kappa shape index (κ1) is 18.8. The second-order valence-corrected chi connectivity index (χ2v) is 11.7. The standard InChI is InChI=1S/C18H33NO3S/c1-6-13-7-14-9-15(8-13)11-18(5,10-14)12-16(20)19-23(21,22)17(2,3)4/h13-15H,6-12H2,1-5H3,(H,19,20). The summed E-state index contributed by atoms with van der Waals surface area (Å²) < 4.78 is 25.6. The summed E-state index contributed by atoms with van der Waals surface area (Å²) in [6.07, 6.45) is 7.56. The molecule has 5 heteroatoms. The van der Waals surface area contributed by atoms with Crippen molar-refractivity contribution in [1.29, 1.82) is 0 Å². The maximum atomic E-state index is 12.3. The zero-order valence-electron chi connectivity index (χ0n) is 15.3. The number of amides is 1. The van der Waals surface area contributed by atoms with Crippen LogP contribution in [0.2, 0.25) is 0 Å². The molecule has 2 rings (SSSR count). The third-order valence-corrected chi connectivity index (χ3v) is 7.89. The van der Waals surface area contributed by atoms with Crippen molar-refractivity contribution in [3.05, 3.63) is 0 Å². The van der Waals surface area contributed by atoms with Crippen molar-refractivity contribution in [3.8, 4) is 0 Å². The first-order valence-corrected chi connectivity index (χ1v) is 10.5. The topological polar surface area (TPSA) is 63.2 Å². The summed E-state index contributed by atoms with van der Waals surface area (Å²) in [5, 5.41) is 0. The van der Waals surface area contributed by atoms with E-state index in [0.717, 1.165) is 18.8 Å². The normalized spacial score (nSPS) is 34.9. The Morgan fingerprint density at radius 3 is 2.09 bits per heavy atom. The maximum Gasteiger partial charge on any atom is 0.239 e. The molecule has 2 saturated carbocycles. The van der Waals surface area contributed by atoms with Gasteiger partial charge in [-0.3, -0.25) is 9.52 Å². The van der Waals surface area contributed by atoms with Crippen molar-refractivity contribution in [1.82, 2.24) is 4.72 Å². The molecule has 0 aromatic heterocycles. The van der Waals surface area contributed by atoms with Gasteiger partial charge in [0.05, 0.1) is 4.75 Å². The van der Waals surface area contributed by atoms with Gasteiger partial charge in [0.1, 0.15) is 0 Å². The van der Waals surface area contributed by atoms with Gasteiger partial charge >= 0.3 is 0 Å². The average molecular weight is 344 g/mol. The Balaban J connectivity index is 1.99.